The van der Waals surface area contributed by atoms with Crippen LogP contribution in [0.25, 0.3) is 11.0 Å². The first kappa shape index (κ1) is 14.0. The Balaban J connectivity index is 1.74. The predicted molar refractivity (Wildman–Crippen MR) is 89.3 cm³/mol. The Kier molecular flexibility index (Phi) is 3.33. The molecule has 0 radical (unpaired) electrons. The summed E-state index contributed by atoms with van der Waals surface area (Å²) in [6, 6.07) is 2.11. The van der Waals surface area contributed by atoms with E-state index in [2.05, 4.69) is 40.1 Å². The van der Waals surface area contributed by atoms with Crippen molar-refractivity contribution in [2.24, 2.45) is 5.41 Å². The third-order valence-electron chi connectivity index (χ3n) is 5.22. The summed E-state index contributed by atoms with van der Waals surface area (Å²) in [5.74, 6) is 2.41. The van der Waals surface area contributed by atoms with E-state index < -0.39 is 0 Å². The zero-order chi connectivity index (χ0) is 15.2. The van der Waals surface area contributed by atoms with Gasteiger partial charge in [-0.1, -0.05) is 13.8 Å². The van der Waals surface area contributed by atoms with E-state index in [1.165, 1.54) is 19.3 Å². The molecule has 2 aliphatic rings. The normalized spacial score (nSPS) is 25.7. The topological polar surface area (TPSA) is 56.8 Å². The first-order valence-electron chi connectivity index (χ1n) is 8.48. The number of hydrogen-bond acceptors (Lipinski definition) is 4. The number of aromatic amines is 1. The van der Waals surface area contributed by atoms with E-state index in [4.69, 9.17) is 4.98 Å². The van der Waals surface area contributed by atoms with E-state index in [-0.39, 0.29) is 0 Å². The molecule has 2 N–H and O–H groups in total. The Bertz CT molecular complexity index is 669. The molecule has 5 nitrogen and oxygen atoms in total. The van der Waals surface area contributed by atoms with E-state index >= 15 is 0 Å². The Labute approximate surface area is 131 Å². The molecule has 2 fully saturated rings. The maximum atomic E-state index is 4.93. The van der Waals surface area contributed by atoms with Crippen molar-refractivity contribution in [2.75, 3.05) is 31.1 Å². The van der Waals surface area contributed by atoms with Crippen molar-refractivity contribution in [1.82, 2.24) is 20.3 Å². The van der Waals surface area contributed by atoms with Gasteiger partial charge in [0.05, 0.1) is 5.39 Å². The molecule has 0 bridgehead atoms. The number of piperidine rings is 1. The Morgan fingerprint density at radius 2 is 2.18 bits per heavy atom. The number of hydrogen-bond donors (Lipinski definition) is 2. The van der Waals surface area contributed by atoms with Gasteiger partial charge in [0.2, 0.25) is 0 Å². The number of nitrogens with zero attached hydrogens (tertiary/aromatic N) is 3. The third kappa shape index (κ3) is 2.28. The molecule has 1 spiro atoms. The van der Waals surface area contributed by atoms with Crippen LogP contribution >= 0.6 is 0 Å². The monoisotopic (exact) mass is 299 g/mol. The fourth-order valence-corrected chi connectivity index (χ4v) is 3.97. The van der Waals surface area contributed by atoms with Crippen molar-refractivity contribution < 1.29 is 0 Å². The largest absolute Gasteiger partial charge is 0.355 e. The van der Waals surface area contributed by atoms with Gasteiger partial charge in [-0.05, 0) is 31.9 Å². The molecule has 0 saturated carbocycles. The van der Waals surface area contributed by atoms with Gasteiger partial charge in [-0.3, -0.25) is 0 Å². The summed E-state index contributed by atoms with van der Waals surface area (Å²) in [6.07, 6.45) is 5.87. The summed E-state index contributed by atoms with van der Waals surface area (Å²) in [5.41, 5.74) is 1.42. The van der Waals surface area contributed by atoms with E-state index in [0.29, 0.717) is 11.3 Å². The van der Waals surface area contributed by atoms with Crippen LogP contribution in [0.1, 0.15) is 44.9 Å². The number of fused-ring (bicyclic) bond motifs is 1. The third-order valence-corrected chi connectivity index (χ3v) is 5.22. The number of aromatic nitrogens is 3. The van der Waals surface area contributed by atoms with Gasteiger partial charge in [0.15, 0.2) is 0 Å². The summed E-state index contributed by atoms with van der Waals surface area (Å²) < 4.78 is 0. The first-order chi connectivity index (χ1) is 10.7. The van der Waals surface area contributed by atoms with Crippen molar-refractivity contribution in [1.29, 1.82) is 0 Å². The fourth-order valence-electron chi connectivity index (χ4n) is 3.97. The van der Waals surface area contributed by atoms with E-state index in [1.807, 2.05) is 6.20 Å². The van der Waals surface area contributed by atoms with Crippen LogP contribution in [-0.4, -0.2) is 41.1 Å². The zero-order valence-corrected chi connectivity index (χ0v) is 13.5. The minimum atomic E-state index is 0.346. The molecule has 0 aliphatic carbocycles. The van der Waals surface area contributed by atoms with Crippen molar-refractivity contribution in [3.8, 4) is 0 Å². The van der Waals surface area contributed by atoms with Gasteiger partial charge in [-0.15, -0.1) is 0 Å². The van der Waals surface area contributed by atoms with Gasteiger partial charge in [-0.25, -0.2) is 9.97 Å². The average Bonchev–Trinajstić information content (AvgIpc) is 3.15. The Morgan fingerprint density at radius 3 is 2.95 bits per heavy atom. The van der Waals surface area contributed by atoms with Crippen LogP contribution in [0, 0.1) is 5.41 Å². The van der Waals surface area contributed by atoms with Gasteiger partial charge < -0.3 is 15.2 Å². The fraction of sp³-hybridized carbons (Fsp3) is 0.647. The molecule has 5 heteroatoms. The molecule has 2 saturated heterocycles. The van der Waals surface area contributed by atoms with E-state index in [0.717, 1.165) is 48.9 Å². The second-order valence-corrected chi connectivity index (χ2v) is 7.25. The molecular weight excluding hydrogens is 274 g/mol. The SMILES string of the molecule is CC(C)c1nc(N2CCCC3(CCNC3)C2)c2cc[nH]c2n1. The van der Waals surface area contributed by atoms with Crippen LogP contribution in [-0.2, 0) is 0 Å². The molecular formula is C17H25N5. The number of rotatable bonds is 2. The highest BCUT2D eigenvalue weighted by Gasteiger charge is 2.38. The zero-order valence-electron chi connectivity index (χ0n) is 13.5. The maximum Gasteiger partial charge on any atom is 0.143 e. The molecule has 4 rings (SSSR count). The van der Waals surface area contributed by atoms with Crippen LogP contribution in [0.2, 0.25) is 0 Å². The lowest BCUT2D eigenvalue weighted by atomic mass is 9.79. The van der Waals surface area contributed by atoms with E-state index in [9.17, 15) is 0 Å². The van der Waals surface area contributed by atoms with Crippen molar-refractivity contribution in [3.63, 3.8) is 0 Å². The second-order valence-electron chi connectivity index (χ2n) is 7.25. The van der Waals surface area contributed by atoms with Crippen molar-refractivity contribution in [2.45, 2.75) is 39.0 Å². The predicted octanol–water partition coefficient (Wildman–Crippen LogP) is 2.66. The molecule has 0 aromatic carbocycles. The van der Waals surface area contributed by atoms with Crippen LogP contribution in [0.15, 0.2) is 12.3 Å². The van der Waals surface area contributed by atoms with Gasteiger partial charge >= 0.3 is 0 Å². The van der Waals surface area contributed by atoms with Crippen LogP contribution in [0.5, 0.6) is 0 Å². The molecule has 2 aromatic rings. The number of nitrogens with one attached hydrogen (secondary N) is 2. The second kappa shape index (κ2) is 5.23. The van der Waals surface area contributed by atoms with Crippen LogP contribution < -0.4 is 10.2 Å². The number of H-pyrrole nitrogens is 1. The van der Waals surface area contributed by atoms with Crippen molar-refractivity contribution in [3.05, 3.63) is 18.1 Å². The number of anilines is 1. The van der Waals surface area contributed by atoms with Crippen LogP contribution in [0.4, 0.5) is 5.82 Å². The smallest absolute Gasteiger partial charge is 0.143 e. The van der Waals surface area contributed by atoms with Gasteiger partial charge in [0.25, 0.3) is 0 Å². The van der Waals surface area contributed by atoms with Gasteiger partial charge in [0, 0.05) is 37.2 Å². The minimum Gasteiger partial charge on any atom is -0.355 e. The Morgan fingerprint density at radius 1 is 1.27 bits per heavy atom. The van der Waals surface area contributed by atoms with Crippen LogP contribution in [0.3, 0.4) is 0 Å². The lowest BCUT2D eigenvalue weighted by molar-refractivity contribution is 0.260. The quantitative estimate of drug-likeness (QED) is 0.895. The molecule has 0 amide bonds. The average molecular weight is 299 g/mol. The molecule has 1 unspecified atom stereocenters. The highest BCUT2D eigenvalue weighted by atomic mass is 15.2. The highest BCUT2D eigenvalue weighted by molar-refractivity contribution is 5.87. The summed E-state index contributed by atoms with van der Waals surface area (Å²) in [6.45, 7) is 8.86. The maximum absolute atomic E-state index is 4.93. The molecule has 4 heterocycles. The van der Waals surface area contributed by atoms with E-state index in [1.54, 1.807) is 0 Å². The molecule has 1 atom stereocenters. The summed E-state index contributed by atoms with van der Waals surface area (Å²) in [7, 11) is 0. The molecule has 2 aromatic heterocycles. The standard InChI is InChI=1S/C17H25N5/c1-12(2)14-20-15-13(4-7-19-15)16(21-14)22-9-3-5-17(11-22)6-8-18-10-17/h4,7,12,18H,3,5-6,8-11H2,1-2H3,(H,19,20,21). The molecule has 2 aliphatic heterocycles. The minimum absolute atomic E-state index is 0.346. The van der Waals surface area contributed by atoms with Gasteiger partial charge in [-0.2, -0.15) is 0 Å². The lowest BCUT2D eigenvalue weighted by Crippen LogP contribution is -2.45. The summed E-state index contributed by atoms with van der Waals surface area (Å²) in [5, 5.41) is 4.71. The van der Waals surface area contributed by atoms with Gasteiger partial charge in [0.1, 0.15) is 17.3 Å². The summed E-state index contributed by atoms with van der Waals surface area (Å²) >= 11 is 0. The first-order valence-corrected chi connectivity index (χ1v) is 8.48. The van der Waals surface area contributed by atoms with Crippen molar-refractivity contribution >= 4 is 16.9 Å². The highest BCUT2D eigenvalue weighted by Crippen LogP contribution is 2.38. The molecule has 118 valence electrons. The lowest BCUT2D eigenvalue weighted by Gasteiger charge is -2.41. The summed E-state index contributed by atoms with van der Waals surface area (Å²) in [4.78, 5) is 15.4. The molecule has 22 heavy (non-hydrogen) atoms. The Hall–Kier alpha value is -1.62.